The Hall–Kier alpha value is -0.590. The molecule has 0 aromatic heterocycles. The molecule has 0 aliphatic carbocycles. The molecule has 7 heteroatoms. The average molecular weight is 408 g/mol. The molecule has 4 N–H and O–H groups in total. The Morgan fingerprint density at radius 1 is 0.786 bits per heavy atom. The van der Waals surface area contributed by atoms with Crippen LogP contribution in [-0.2, 0) is 14.4 Å². The van der Waals surface area contributed by atoms with Crippen LogP contribution in [0.5, 0.6) is 0 Å². The summed E-state index contributed by atoms with van der Waals surface area (Å²) in [5.74, 6) is -1.96. The molecular weight excluding hydrogens is 367 g/mol. The molecule has 0 spiro atoms. The number of nitrogens with one attached hydrogen (secondary N) is 1. The van der Waals surface area contributed by atoms with Crippen LogP contribution in [0.15, 0.2) is 0 Å². The van der Waals surface area contributed by atoms with Crippen molar-refractivity contribution in [3.05, 3.63) is 0 Å². The van der Waals surface area contributed by atoms with Gasteiger partial charge in [-0.3, -0.25) is 9.59 Å². The van der Waals surface area contributed by atoms with Crippen molar-refractivity contribution in [1.82, 2.24) is 5.32 Å². The van der Waals surface area contributed by atoms with Crippen LogP contribution in [0.4, 0.5) is 0 Å². The predicted octanol–water partition coefficient (Wildman–Crippen LogP) is 3.92. The van der Waals surface area contributed by atoms with Crippen molar-refractivity contribution < 1.29 is 19.5 Å². The first kappa shape index (κ1) is 29.6. The van der Waals surface area contributed by atoms with Crippen molar-refractivity contribution in [2.75, 3.05) is 0 Å². The molecule has 0 saturated heterocycles. The summed E-state index contributed by atoms with van der Waals surface area (Å²) in [7, 11) is 0. The number of carbonyl (C=O) groups excluding carboxylic acids is 2. The maximum atomic E-state index is 11.8. The molecule has 0 unspecified atom stereocenters. The SMILES string of the molecule is CCCCCCCCCCCCCCCC(=O)N[C@@H](CCC(N)=O)C(=O)O.[Na]. The van der Waals surface area contributed by atoms with E-state index in [2.05, 4.69) is 12.2 Å². The molecule has 1 radical (unpaired) electrons. The van der Waals surface area contributed by atoms with E-state index in [0.29, 0.717) is 6.42 Å². The number of carbonyl (C=O) groups is 3. The first-order valence-electron chi connectivity index (χ1n) is 10.8. The monoisotopic (exact) mass is 407 g/mol. The molecule has 6 nitrogen and oxygen atoms in total. The summed E-state index contributed by atoms with van der Waals surface area (Å²) >= 11 is 0. The van der Waals surface area contributed by atoms with Crippen LogP contribution >= 0.6 is 0 Å². The number of carboxylic acid groups (broad SMARTS) is 1. The fourth-order valence-electron chi connectivity index (χ4n) is 3.11. The number of carboxylic acids is 1. The number of amides is 2. The Morgan fingerprint density at radius 3 is 1.61 bits per heavy atom. The van der Waals surface area contributed by atoms with Gasteiger partial charge in [-0.2, -0.15) is 0 Å². The van der Waals surface area contributed by atoms with E-state index >= 15 is 0 Å². The van der Waals surface area contributed by atoms with Gasteiger partial charge in [-0.05, 0) is 12.8 Å². The van der Waals surface area contributed by atoms with Crippen molar-refractivity contribution in [2.24, 2.45) is 5.73 Å². The second-order valence-corrected chi connectivity index (χ2v) is 7.46. The van der Waals surface area contributed by atoms with Crippen LogP contribution < -0.4 is 11.1 Å². The second kappa shape index (κ2) is 21.1. The smallest absolute Gasteiger partial charge is 0.326 e. The maximum Gasteiger partial charge on any atom is 0.326 e. The molecule has 0 aliphatic rings. The maximum absolute atomic E-state index is 11.8. The molecule has 2 amide bonds. The molecular formula is C21H40N2NaO4. The topological polar surface area (TPSA) is 109 Å². The Morgan fingerprint density at radius 2 is 1.21 bits per heavy atom. The third-order valence-corrected chi connectivity index (χ3v) is 4.82. The number of hydrogen-bond acceptors (Lipinski definition) is 3. The number of nitrogens with two attached hydrogens (primary N) is 1. The Bertz CT molecular complexity index is 419. The zero-order valence-corrected chi connectivity index (χ0v) is 20.1. The van der Waals surface area contributed by atoms with Gasteiger partial charge in [0, 0.05) is 42.4 Å². The zero-order chi connectivity index (χ0) is 20.3. The minimum absolute atomic E-state index is 0. The predicted molar refractivity (Wildman–Crippen MR) is 114 cm³/mol. The molecule has 0 rings (SSSR count). The van der Waals surface area contributed by atoms with E-state index < -0.39 is 17.9 Å². The summed E-state index contributed by atoms with van der Waals surface area (Å²) in [6.45, 7) is 2.24. The van der Waals surface area contributed by atoms with Gasteiger partial charge in [0.15, 0.2) is 0 Å². The minimum atomic E-state index is -1.13. The first-order chi connectivity index (χ1) is 13.0. The summed E-state index contributed by atoms with van der Waals surface area (Å²) in [6, 6.07) is -1.04. The van der Waals surface area contributed by atoms with E-state index in [1.54, 1.807) is 0 Å². The molecule has 0 fully saturated rings. The van der Waals surface area contributed by atoms with Gasteiger partial charge >= 0.3 is 5.97 Å². The van der Waals surface area contributed by atoms with Gasteiger partial charge in [0.1, 0.15) is 6.04 Å². The standard InChI is InChI=1S/C21H40N2O4.Na/c1-2-3-4-5-6-7-8-9-10-11-12-13-14-15-20(25)23-18(21(26)27)16-17-19(22)24;/h18H,2-17H2,1H3,(H2,22,24)(H,23,25)(H,26,27);/t18-;/m0./s1. The van der Waals surface area contributed by atoms with E-state index in [1.807, 2.05) is 0 Å². The van der Waals surface area contributed by atoms with Crippen molar-refractivity contribution in [2.45, 2.75) is 116 Å². The molecule has 28 heavy (non-hydrogen) atoms. The molecule has 0 aromatic carbocycles. The van der Waals surface area contributed by atoms with Gasteiger partial charge in [0.05, 0.1) is 0 Å². The van der Waals surface area contributed by atoms with Gasteiger partial charge in [-0.1, -0.05) is 84.0 Å². The number of primary amides is 1. The number of rotatable bonds is 19. The molecule has 0 aromatic rings. The van der Waals surface area contributed by atoms with Gasteiger partial charge < -0.3 is 16.2 Å². The van der Waals surface area contributed by atoms with Crippen LogP contribution in [0.3, 0.4) is 0 Å². The third kappa shape index (κ3) is 20.2. The molecule has 0 heterocycles. The fraction of sp³-hybridized carbons (Fsp3) is 0.857. The van der Waals surface area contributed by atoms with Crippen molar-refractivity contribution in [3.63, 3.8) is 0 Å². The second-order valence-electron chi connectivity index (χ2n) is 7.46. The fourth-order valence-corrected chi connectivity index (χ4v) is 3.11. The van der Waals surface area contributed by atoms with Gasteiger partial charge in [0.2, 0.25) is 11.8 Å². The first-order valence-corrected chi connectivity index (χ1v) is 10.8. The summed E-state index contributed by atoms with van der Waals surface area (Å²) < 4.78 is 0. The van der Waals surface area contributed by atoms with Crippen LogP contribution in [-0.4, -0.2) is 58.5 Å². The minimum Gasteiger partial charge on any atom is -0.480 e. The van der Waals surface area contributed by atoms with Crippen LogP contribution in [0.25, 0.3) is 0 Å². The number of hydrogen-bond donors (Lipinski definition) is 3. The summed E-state index contributed by atoms with van der Waals surface area (Å²) in [4.78, 5) is 33.6. The van der Waals surface area contributed by atoms with Crippen LogP contribution in [0, 0.1) is 0 Å². The Labute approximate surface area is 193 Å². The third-order valence-electron chi connectivity index (χ3n) is 4.82. The van der Waals surface area contributed by atoms with Crippen molar-refractivity contribution in [3.8, 4) is 0 Å². The Balaban J connectivity index is 0. The van der Waals surface area contributed by atoms with E-state index in [9.17, 15) is 14.4 Å². The van der Waals surface area contributed by atoms with Gasteiger partial charge in [-0.25, -0.2) is 4.79 Å². The normalized spacial score (nSPS) is 11.5. The van der Waals surface area contributed by atoms with E-state index in [4.69, 9.17) is 10.8 Å². The van der Waals surface area contributed by atoms with E-state index in [0.717, 1.165) is 19.3 Å². The molecule has 0 bridgehead atoms. The molecule has 0 saturated carbocycles. The number of unbranched alkanes of at least 4 members (excludes halogenated alkanes) is 12. The molecule has 1 atom stereocenters. The molecule has 159 valence electrons. The zero-order valence-electron chi connectivity index (χ0n) is 18.1. The summed E-state index contributed by atoms with van der Waals surface area (Å²) in [5.41, 5.74) is 5.02. The van der Waals surface area contributed by atoms with Crippen LogP contribution in [0.2, 0.25) is 0 Å². The molecule has 0 aliphatic heterocycles. The van der Waals surface area contributed by atoms with Crippen molar-refractivity contribution >= 4 is 47.3 Å². The largest absolute Gasteiger partial charge is 0.480 e. The van der Waals surface area contributed by atoms with Crippen LogP contribution in [0.1, 0.15) is 110 Å². The van der Waals surface area contributed by atoms with E-state index in [1.165, 1.54) is 64.2 Å². The van der Waals surface area contributed by atoms with Gasteiger partial charge in [0.25, 0.3) is 0 Å². The quantitative estimate of drug-likeness (QED) is 0.223. The summed E-state index contributed by atoms with van der Waals surface area (Å²) in [6.07, 6.45) is 16.4. The summed E-state index contributed by atoms with van der Waals surface area (Å²) in [5, 5.41) is 11.5. The number of aliphatic carboxylic acids is 1. The Kier molecular flexibility index (Phi) is 22.3. The average Bonchev–Trinajstić information content (AvgIpc) is 2.62. The van der Waals surface area contributed by atoms with E-state index in [-0.39, 0.29) is 48.3 Å². The van der Waals surface area contributed by atoms with Crippen molar-refractivity contribution in [1.29, 1.82) is 0 Å². The van der Waals surface area contributed by atoms with Gasteiger partial charge in [-0.15, -0.1) is 0 Å².